The maximum atomic E-state index is 11.9. The highest BCUT2D eigenvalue weighted by Crippen LogP contribution is 2.21. The summed E-state index contributed by atoms with van der Waals surface area (Å²) in [5, 5.41) is 0.366. The van der Waals surface area contributed by atoms with Gasteiger partial charge in [-0.05, 0) is 29.8 Å². The topological polar surface area (TPSA) is 81.3 Å². The van der Waals surface area contributed by atoms with E-state index in [1.165, 1.54) is 6.07 Å². The van der Waals surface area contributed by atoms with Gasteiger partial charge in [0, 0.05) is 11.6 Å². The number of rotatable bonds is 7. The van der Waals surface area contributed by atoms with E-state index in [-0.39, 0.29) is 23.9 Å². The van der Waals surface area contributed by atoms with E-state index in [2.05, 4.69) is 9.97 Å². The van der Waals surface area contributed by atoms with Crippen molar-refractivity contribution in [3.63, 3.8) is 0 Å². The predicted octanol–water partition coefficient (Wildman–Crippen LogP) is 3.28. The molecule has 0 atom stereocenters. The third kappa shape index (κ3) is 5.46. The lowest BCUT2D eigenvalue weighted by Crippen LogP contribution is -2.11. The summed E-state index contributed by atoms with van der Waals surface area (Å²) >= 11 is 1.13. The number of aromatic amines is 1. The second-order valence-corrected chi connectivity index (χ2v) is 6.56. The zero-order valence-corrected chi connectivity index (χ0v) is 15.5. The molecule has 0 aliphatic heterocycles. The minimum atomic E-state index is -0.374. The first kappa shape index (κ1) is 18.7. The van der Waals surface area contributed by atoms with Crippen molar-refractivity contribution < 1.29 is 14.3 Å². The van der Waals surface area contributed by atoms with Crippen molar-refractivity contribution in [1.29, 1.82) is 0 Å². The third-order valence-corrected chi connectivity index (χ3v) is 4.52. The van der Waals surface area contributed by atoms with Gasteiger partial charge in [-0.1, -0.05) is 42.1 Å². The molecule has 0 radical (unpaired) electrons. The molecule has 1 N–H and O–H groups in total. The van der Waals surface area contributed by atoms with Crippen LogP contribution in [-0.2, 0) is 16.1 Å². The second-order valence-electron chi connectivity index (χ2n) is 5.60. The molecule has 138 valence electrons. The van der Waals surface area contributed by atoms with Crippen molar-refractivity contribution in [3.8, 4) is 17.0 Å². The van der Waals surface area contributed by atoms with Crippen LogP contribution in [0.3, 0.4) is 0 Å². The van der Waals surface area contributed by atoms with Crippen molar-refractivity contribution in [2.45, 2.75) is 11.8 Å². The Kier molecular flexibility index (Phi) is 6.27. The molecule has 27 heavy (non-hydrogen) atoms. The number of H-pyrrole nitrogens is 1. The highest BCUT2D eigenvalue weighted by Gasteiger charge is 2.09. The van der Waals surface area contributed by atoms with E-state index in [4.69, 9.17) is 9.47 Å². The third-order valence-electron chi connectivity index (χ3n) is 3.68. The lowest BCUT2D eigenvalue weighted by molar-refractivity contribution is -0.141. The molecule has 3 rings (SSSR count). The summed E-state index contributed by atoms with van der Waals surface area (Å²) in [5.74, 6) is 0.405. The van der Waals surface area contributed by atoms with Gasteiger partial charge < -0.3 is 14.5 Å². The molecule has 0 saturated heterocycles. The number of nitrogens with zero attached hydrogens (tertiary/aromatic N) is 1. The lowest BCUT2D eigenvalue weighted by Gasteiger charge is -2.06. The number of ether oxygens (including phenoxy) is 2. The summed E-state index contributed by atoms with van der Waals surface area (Å²) in [6, 6.07) is 18.1. The van der Waals surface area contributed by atoms with Crippen LogP contribution in [0.15, 0.2) is 70.6 Å². The lowest BCUT2D eigenvalue weighted by atomic mass is 10.1. The summed E-state index contributed by atoms with van der Waals surface area (Å²) < 4.78 is 10.4. The largest absolute Gasteiger partial charge is 0.497 e. The molecule has 0 unspecified atom stereocenters. The highest BCUT2D eigenvalue weighted by atomic mass is 32.2. The van der Waals surface area contributed by atoms with Crippen LogP contribution in [-0.4, -0.2) is 28.8 Å². The Morgan fingerprint density at radius 1 is 1.11 bits per heavy atom. The van der Waals surface area contributed by atoms with E-state index in [1.54, 1.807) is 19.2 Å². The van der Waals surface area contributed by atoms with Crippen LogP contribution in [0.1, 0.15) is 5.56 Å². The number of carbonyl (C=O) groups is 1. The van der Waals surface area contributed by atoms with E-state index < -0.39 is 0 Å². The molecule has 3 aromatic rings. The summed E-state index contributed by atoms with van der Waals surface area (Å²) in [6.45, 7) is 0.218. The molecule has 7 heteroatoms. The Bertz CT molecular complexity index is 956. The molecule has 0 amide bonds. The van der Waals surface area contributed by atoms with Crippen molar-refractivity contribution in [2.75, 3.05) is 12.9 Å². The molecular weight excluding hydrogens is 364 g/mol. The summed E-state index contributed by atoms with van der Waals surface area (Å²) in [6.07, 6.45) is 0. The van der Waals surface area contributed by atoms with Crippen LogP contribution in [0, 0.1) is 0 Å². The number of aromatic nitrogens is 2. The summed E-state index contributed by atoms with van der Waals surface area (Å²) in [7, 11) is 1.59. The Hall–Kier alpha value is -3.06. The minimum absolute atomic E-state index is 0.0574. The minimum Gasteiger partial charge on any atom is -0.497 e. The fourth-order valence-corrected chi connectivity index (χ4v) is 2.99. The number of hydrogen-bond donors (Lipinski definition) is 1. The van der Waals surface area contributed by atoms with Crippen LogP contribution in [0.2, 0.25) is 0 Å². The fourth-order valence-electron chi connectivity index (χ4n) is 2.32. The van der Waals surface area contributed by atoms with Crippen molar-refractivity contribution in [1.82, 2.24) is 9.97 Å². The maximum Gasteiger partial charge on any atom is 0.316 e. The van der Waals surface area contributed by atoms with Gasteiger partial charge in [0.15, 0.2) is 5.16 Å². The highest BCUT2D eigenvalue weighted by molar-refractivity contribution is 7.99. The number of thioether (sulfide) groups is 1. The van der Waals surface area contributed by atoms with Gasteiger partial charge in [0.2, 0.25) is 0 Å². The first-order valence-corrected chi connectivity index (χ1v) is 9.21. The molecular formula is C20H18N2O4S. The maximum absolute atomic E-state index is 11.9. The number of hydrogen-bond acceptors (Lipinski definition) is 6. The molecule has 1 heterocycles. The molecule has 0 fully saturated rings. The zero-order chi connectivity index (χ0) is 19.1. The number of carbonyl (C=O) groups excluding carboxylic acids is 1. The molecule has 0 spiro atoms. The van der Waals surface area contributed by atoms with E-state index in [9.17, 15) is 9.59 Å². The molecule has 0 bridgehead atoms. The summed E-state index contributed by atoms with van der Waals surface area (Å²) in [4.78, 5) is 30.9. The van der Waals surface area contributed by atoms with Gasteiger partial charge >= 0.3 is 5.97 Å². The van der Waals surface area contributed by atoms with E-state index in [1.807, 2.05) is 42.5 Å². The van der Waals surface area contributed by atoms with Crippen LogP contribution in [0.25, 0.3) is 11.3 Å². The smallest absolute Gasteiger partial charge is 0.316 e. The first-order valence-electron chi connectivity index (χ1n) is 8.22. The molecule has 0 saturated carbocycles. The van der Waals surface area contributed by atoms with Gasteiger partial charge in [-0.3, -0.25) is 9.59 Å². The van der Waals surface area contributed by atoms with Crippen molar-refractivity contribution in [2.24, 2.45) is 0 Å². The Morgan fingerprint density at radius 2 is 1.85 bits per heavy atom. The quantitative estimate of drug-likeness (QED) is 0.384. The standard InChI is InChI=1S/C20H18N2O4S/c1-25-16-9-7-15(8-10-16)17-11-18(23)22-20(21-17)27-13-19(24)26-12-14-5-3-2-4-6-14/h2-11H,12-13H2,1H3,(H,21,22,23). The molecule has 6 nitrogen and oxygen atoms in total. The SMILES string of the molecule is COc1ccc(-c2cc(=O)[nH]c(SCC(=O)OCc3ccccc3)n2)cc1. The Balaban J connectivity index is 1.62. The van der Waals surface area contributed by atoms with Gasteiger partial charge in [-0.15, -0.1) is 0 Å². The molecule has 0 aliphatic carbocycles. The van der Waals surface area contributed by atoms with Gasteiger partial charge in [0.25, 0.3) is 5.56 Å². The number of methoxy groups -OCH3 is 1. The second kappa shape index (κ2) is 9.05. The van der Waals surface area contributed by atoms with Gasteiger partial charge in [-0.25, -0.2) is 4.98 Å². The van der Waals surface area contributed by atoms with E-state index in [0.717, 1.165) is 28.6 Å². The zero-order valence-electron chi connectivity index (χ0n) is 14.7. The van der Waals surface area contributed by atoms with Crippen LogP contribution < -0.4 is 10.3 Å². The van der Waals surface area contributed by atoms with E-state index >= 15 is 0 Å². The fraction of sp³-hybridized carbons (Fsp3) is 0.150. The number of esters is 1. The normalized spacial score (nSPS) is 10.4. The Labute approximate surface area is 160 Å². The average molecular weight is 382 g/mol. The molecule has 1 aromatic heterocycles. The monoisotopic (exact) mass is 382 g/mol. The predicted molar refractivity (Wildman–Crippen MR) is 104 cm³/mol. The number of nitrogens with one attached hydrogen (secondary N) is 1. The van der Waals surface area contributed by atoms with Crippen LogP contribution >= 0.6 is 11.8 Å². The van der Waals surface area contributed by atoms with Crippen molar-refractivity contribution in [3.05, 3.63) is 76.6 Å². The van der Waals surface area contributed by atoms with Crippen LogP contribution in [0.4, 0.5) is 0 Å². The molecule has 0 aliphatic rings. The van der Waals surface area contributed by atoms with Crippen LogP contribution in [0.5, 0.6) is 5.75 Å². The molecule has 2 aromatic carbocycles. The Morgan fingerprint density at radius 3 is 2.56 bits per heavy atom. The van der Waals surface area contributed by atoms with Gasteiger partial charge in [0.1, 0.15) is 12.4 Å². The first-order chi connectivity index (χ1) is 13.1. The average Bonchev–Trinajstić information content (AvgIpc) is 2.71. The van der Waals surface area contributed by atoms with Crippen molar-refractivity contribution >= 4 is 17.7 Å². The summed E-state index contributed by atoms with van der Waals surface area (Å²) in [5.41, 5.74) is 1.96. The van der Waals surface area contributed by atoms with E-state index in [0.29, 0.717) is 10.9 Å². The van der Waals surface area contributed by atoms with Gasteiger partial charge in [-0.2, -0.15) is 0 Å². The van der Waals surface area contributed by atoms with Gasteiger partial charge in [0.05, 0.1) is 18.6 Å². The number of benzene rings is 2.